The average Bonchev–Trinajstić information content (AvgIpc) is 3.58. The summed E-state index contributed by atoms with van der Waals surface area (Å²) >= 11 is 2.86. The Morgan fingerprint density at radius 3 is 2.76 bits per heavy atom. The van der Waals surface area contributed by atoms with Gasteiger partial charge in [-0.3, -0.25) is 9.59 Å². The maximum atomic E-state index is 14.2. The number of aromatic nitrogens is 4. The average molecular weight is 596 g/mol. The van der Waals surface area contributed by atoms with Crippen molar-refractivity contribution in [1.82, 2.24) is 19.2 Å². The second-order valence-corrected chi connectivity index (χ2v) is 13.0. The zero-order valence-corrected chi connectivity index (χ0v) is 25.1. The smallest absolute Gasteiger partial charge is 0.268 e. The Balaban J connectivity index is 1.31. The number of hydrogen-bond donors (Lipinski definition) is 1. The van der Waals surface area contributed by atoms with E-state index in [0.29, 0.717) is 35.3 Å². The molecule has 1 N–H and O–H groups in total. The first-order valence-corrected chi connectivity index (χ1v) is 15.7. The van der Waals surface area contributed by atoms with Crippen molar-refractivity contribution in [3.05, 3.63) is 93.1 Å². The molecule has 212 valence electrons. The van der Waals surface area contributed by atoms with Gasteiger partial charge in [0.2, 0.25) is 11.7 Å². The Morgan fingerprint density at radius 1 is 1.12 bits per heavy atom. The van der Waals surface area contributed by atoms with Crippen LogP contribution >= 0.6 is 23.1 Å². The molecule has 0 fully saturated rings. The number of thiophene rings is 1. The van der Waals surface area contributed by atoms with Gasteiger partial charge in [0.25, 0.3) is 5.56 Å². The fourth-order valence-corrected chi connectivity index (χ4v) is 7.64. The number of amides is 1. The molecule has 1 atom stereocenters. The van der Waals surface area contributed by atoms with Crippen LogP contribution < -0.4 is 10.9 Å². The van der Waals surface area contributed by atoms with Gasteiger partial charge in [0, 0.05) is 22.4 Å². The predicted molar refractivity (Wildman–Crippen MR) is 169 cm³/mol. The van der Waals surface area contributed by atoms with E-state index in [-0.39, 0.29) is 23.3 Å². The van der Waals surface area contributed by atoms with Crippen LogP contribution in [-0.2, 0) is 22.6 Å². The van der Waals surface area contributed by atoms with E-state index in [1.165, 1.54) is 11.8 Å². The van der Waals surface area contributed by atoms with Crippen molar-refractivity contribution in [3.63, 3.8) is 0 Å². The molecule has 3 aromatic carbocycles. The largest absolute Gasteiger partial charge is 0.372 e. The molecule has 8 nitrogen and oxygen atoms in total. The van der Waals surface area contributed by atoms with E-state index in [1.807, 2.05) is 78.1 Å². The molecule has 0 unspecified atom stereocenters. The van der Waals surface area contributed by atoms with Crippen LogP contribution in [0.3, 0.4) is 0 Å². The lowest BCUT2D eigenvalue weighted by atomic mass is 9.96. The molecule has 1 amide bonds. The van der Waals surface area contributed by atoms with E-state index in [0.717, 1.165) is 43.0 Å². The van der Waals surface area contributed by atoms with Gasteiger partial charge in [-0.15, -0.1) is 21.5 Å². The Bertz CT molecular complexity index is 2050. The number of nitrogens with zero attached hydrogens (tertiary/aromatic N) is 4. The quantitative estimate of drug-likeness (QED) is 0.225. The van der Waals surface area contributed by atoms with E-state index in [9.17, 15) is 9.59 Å². The van der Waals surface area contributed by atoms with Gasteiger partial charge in [0.1, 0.15) is 4.83 Å². The third kappa shape index (κ3) is 4.59. The van der Waals surface area contributed by atoms with Crippen LogP contribution in [0, 0.1) is 12.8 Å². The van der Waals surface area contributed by atoms with E-state index in [4.69, 9.17) is 4.74 Å². The summed E-state index contributed by atoms with van der Waals surface area (Å²) in [5.41, 5.74) is 3.48. The summed E-state index contributed by atoms with van der Waals surface area (Å²) in [6.07, 6.45) is 0.727. The van der Waals surface area contributed by atoms with Gasteiger partial charge < -0.3 is 10.1 Å². The van der Waals surface area contributed by atoms with Crippen LogP contribution in [0.15, 0.2) is 76.7 Å². The zero-order chi connectivity index (χ0) is 29.0. The molecular weight excluding hydrogens is 567 g/mol. The minimum atomic E-state index is -0.144. The van der Waals surface area contributed by atoms with Crippen molar-refractivity contribution in [3.8, 4) is 5.69 Å². The number of rotatable bonds is 6. The molecule has 7 rings (SSSR count). The molecule has 0 aliphatic carbocycles. The molecule has 42 heavy (non-hydrogen) atoms. The molecule has 6 aromatic rings. The number of fused-ring (bicyclic) bond motifs is 6. The number of anilines is 1. The van der Waals surface area contributed by atoms with Crippen molar-refractivity contribution < 1.29 is 9.53 Å². The SMILES string of the molecule is Cc1cccc(-n2c(=O)c3c4c(sc3n3c(SCC(=O)Nc5cccc6ccccc56)nnc23)CO[C@@H](C(C)C)C4)c1. The number of benzene rings is 3. The molecule has 0 radical (unpaired) electrons. The molecule has 10 heteroatoms. The van der Waals surface area contributed by atoms with Crippen LogP contribution in [-0.4, -0.2) is 36.9 Å². The Labute approximate surface area is 250 Å². The lowest BCUT2D eigenvalue weighted by Crippen LogP contribution is -2.28. The lowest BCUT2D eigenvalue weighted by molar-refractivity contribution is -0.113. The minimum absolute atomic E-state index is 0.0466. The number of nitrogens with one attached hydrogen (secondary N) is 1. The van der Waals surface area contributed by atoms with Crippen molar-refractivity contribution in [2.24, 2.45) is 5.92 Å². The van der Waals surface area contributed by atoms with Crippen molar-refractivity contribution in [1.29, 1.82) is 0 Å². The molecule has 0 saturated carbocycles. The monoisotopic (exact) mass is 595 g/mol. The Kier molecular flexibility index (Phi) is 6.84. The molecule has 1 aliphatic rings. The van der Waals surface area contributed by atoms with Gasteiger partial charge in [-0.2, -0.15) is 0 Å². The highest BCUT2D eigenvalue weighted by atomic mass is 32.2. The highest BCUT2D eigenvalue weighted by Gasteiger charge is 2.30. The Hall–Kier alpha value is -3.99. The standard InChI is InChI=1S/C32H29N5O3S2/c1-18(2)25-15-23-26(16-40-25)42-30-28(23)29(39)36(21-11-6-8-19(3)14-21)31-34-35-32(37(30)31)41-17-27(38)33-24-13-7-10-20-9-4-5-12-22(20)24/h4-14,18,25H,15-17H2,1-3H3,(H,33,38)/t25-/m1/s1. The van der Waals surface area contributed by atoms with Crippen LogP contribution in [0.2, 0.25) is 0 Å². The first-order chi connectivity index (χ1) is 20.4. The topological polar surface area (TPSA) is 90.5 Å². The summed E-state index contributed by atoms with van der Waals surface area (Å²) in [4.78, 5) is 29.2. The predicted octanol–water partition coefficient (Wildman–Crippen LogP) is 6.38. The summed E-state index contributed by atoms with van der Waals surface area (Å²) in [5.74, 6) is 0.751. The van der Waals surface area contributed by atoms with Crippen LogP contribution in [0.5, 0.6) is 0 Å². The van der Waals surface area contributed by atoms with E-state index < -0.39 is 0 Å². The summed E-state index contributed by atoms with van der Waals surface area (Å²) in [6, 6.07) is 21.7. The first-order valence-electron chi connectivity index (χ1n) is 13.9. The van der Waals surface area contributed by atoms with Gasteiger partial charge in [-0.05, 0) is 47.6 Å². The summed E-state index contributed by atoms with van der Waals surface area (Å²) in [5, 5.41) is 15.3. The maximum absolute atomic E-state index is 14.2. The fourth-order valence-electron chi connectivity index (χ4n) is 5.61. The van der Waals surface area contributed by atoms with Gasteiger partial charge >= 0.3 is 0 Å². The van der Waals surface area contributed by atoms with Crippen LogP contribution in [0.25, 0.3) is 32.5 Å². The van der Waals surface area contributed by atoms with Gasteiger partial charge in [-0.1, -0.05) is 74.1 Å². The molecule has 4 heterocycles. The van der Waals surface area contributed by atoms with E-state index in [1.54, 1.807) is 15.9 Å². The number of carbonyl (C=O) groups is 1. The first kappa shape index (κ1) is 26.9. The number of ether oxygens (including phenoxy) is 1. The lowest BCUT2D eigenvalue weighted by Gasteiger charge is -2.26. The third-order valence-electron chi connectivity index (χ3n) is 7.74. The summed E-state index contributed by atoms with van der Waals surface area (Å²) < 4.78 is 9.74. The summed E-state index contributed by atoms with van der Waals surface area (Å²) in [7, 11) is 0. The van der Waals surface area contributed by atoms with Crippen LogP contribution in [0.1, 0.15) is 29.9 Å². The second-order valence-electron chi connectivity index (χ2n) is 10.9. The van der Waals surface area contributed by atoms with E-state index >= 15 is 0 Å². The highest BCUT2D eigenvalue weighted by molar-refractivity contribution is 7.99. The summed E-state index contributed by atoms with van der Waals surface area (Å²) in [6.45, 7) is 6.76. The van der Waals surface area contributed by atoms with E-state index in [2.05, 4.69) is 29.4 Å². The number of thioether (sulfide) groups is 1. The van der Waals surface area contributed by atoms with Gasteiger partial charge in [-0.25, -0.2) is 8.97 Å². The minimum Gasteiger partial charge on any atom is -0.372 e. The highest BCUT2D eigenvalue weighted by Crippen LogP contribution is 2.37. The van der Waals surface area contributed by atoms with Gasteiger partial charge in [0.15, 0.2) is 5.16 Å². The molecule has 1 aliphatic heterocycles. The van der Waals surface area contributed by atoms with Crippen molar-refractivity contribution in [2.75, 3.05) is 11.1 Å². The fraction of sp³-hybridized carbons (Fsp3) is 0.250. The molecular formula is C32H29N5O3S2. The molecule has 0 spiro atoms. The number of carbonyl (C=O) groups excluding carboxylic acids is 1. The third-order valence-corrected chi connectivity index (χ3v) is 9.86. The molecule has 0 bridgehead atoms. The number of aryl methyl sites for hydroxylation is 1. The normalized spacial score (nSPS) is 15.1. The van der Waals surface area contributed by atoms with Gasteiger partial charge in [0.05, 0.1) is 29.5 Å². The van der Waals surface area contributed by atoms with Crippen molar-refractivity contribution >= 4 is 61.5 Å². The second kappa shape index (κ2) is 10.7. The van der Waals surface area contributed by atoms with Crippen molar-refractivity contribution in [2.45, 2.75) is 45.1 Å². The number of hydrogen-bond acceptors (Lipinski definition) is 7. The van der Waals surface area contributed by atoms with Crippen LogP contribution in [0.4, 0.5) is 5.69 Å². The zero-order valence-electron chi connectivity index (χ0n) is 23.5. The molecule has 3 aromatic heterocycles. The molecule has 0 saturated heterocycles. The maximum Gasteiger partial charge on any atom is 0.268 e. The Morgan fingerprint density at radius 2 is 1.93 bits per heavy atom.